The van der Waals surface area contributed by atoms with Crippen molar-refractivity contribution in [3.8, 4) is 5.75 Å². The molecule has 0 radical (unpaired) electrons. The number of ether oxygens (including phenoxy) is 2. The topological polar surface area (TPSA) is 93.7 Å². The monoisotopic (exact) mass is 480 g/mol. The van der Waals surface area contributed by atoms with Crippen LogP contribution in [0.3, 0.4) is 0 Å². The van der Waals surface area contributed by atoms with Gasteiger partial charge in [-0.2, -0.15) is 0 Å². The highest BCUT2D eigenvalue weighted by Crippen LogP contribution is 2.33. The molecular weight excluding hydrogens is 452 g/mol. The Kier molecular flexibility index (Phi) is 8.07. The molecule has 7 nitrogen and oxygen atoms in total. The molecule has 0 bridgehead atoms. The molecule has 34 heavy (non-hydrogen) atoms. The average molecular weight is 481 g/mol. The third-order valence-corrected chi connectivity index (χ3v) is 6.58. The lowest BCUT2D eigenvalue weighted by Gasteiger charge is -2.11. The van der Waals surface area contributed by atoms with Crippen LogP contribution >= 0.6 is 11.3 Å². The van der Waals surface area contributed by atoms with Crippen molar-refractivity contribution in [1.29, 1.82) is 0 Å². The molecule has 0 aliphatic carbocycles. The van der Waals surface area contributed by atoms with Crippen molar-refractivity contribution in [3.63, 3.8) is 0 Å². The molecule has 2 amide bonds. The fraction of sp³-hybridized carbons (Fsp3) is 0.269. The number of carbonyl (C=O) groups is 3. The number of carbonyl (C=O) groups excluding carboxylic acids is 3. The van der Waals surface area contributed by atoms with Gasteiger partial charge in [0, 0.05) is 16.1 Å². The van der Waals surface area contributed by atoms with E-state index in [2.05, 4.69) is 10.6 Å². The van der Waals surface area contributed by atoms with E-state index < -0.39 is 11.9 Å². The molecule has 0 aliphatic rings. The Morgan fingerprint density at radius 3 is 2.29 bits per heavy atom. The van der Waals surface area contributed by atoms with Crippen LogP contribution in [0.4, 0.5) is 10.7 Å². The summed E-state index contributed by atoms with van der Waals surface area (Å²) in [5.41, 5.74) is 4.52. The van der Waals surface area contributed by atoms with Crippen LogP contribution in [0, 0.1) is 27.7 Å². The van der Waals surface area contributed by atoms with E-state index in [0.717, 1.165) is 27.3 Å². The Bertz CT molecular complexity index is 1210. The minimum Gasteiger partial charge on any atom is -0.484 e. The van der Waals surface area contributed by atoms with E-state index in [1.165, 1.54) is 11.3 Å². The molecule has 0 unspecified atom stereocenters. The van der Waals surface area contributed by atoms with Gasteiger partial charge in [-0.1, -0.05) is 12.1 Å². The number of anilines is 2. The van der Waals surface area contributed by atoms with Crippen LogP contribution < -0.4 is 15.4 Å². The number of amides is 2. The van der Waals surface area contributed by atoms with Gasteiger partial charge >= 0.3 is 5.97 Å². The predicted octanol–water partition coefficient (Wildman–Crippen LogP) is 5.43. The van der Waals surface area contributed by atoms with Crippen molar-refractivity contribution < 1.29 is 23.9 Å². The molecular formula is C26H28N2O5S. The van der Waals surface area contributed by atoms with Crippen LogP contribution in [0.2, 0.25) is 0 Å². The van der Waals surface area contributed by atoms with E-state index >= 15 is 0 Å². The molecule has 3 rings (SSSR count). The summed E-state index contributed by atoms with van der Waals surface area (Å²) in [4.78, 5) is 38.2. The first-order valence-corrected chi connectivity index (χ1v) is 11.7. The van der Waals surface area contributed by atoms with Gasteiger partial charge in [0.1, 0.15) is 10.8 Å². The van der Waals surface area contributed by atoms with Crippen molar-refractivity contribution in [3.05, 3.63) is 75.2 Å². The van der Waals surface area contributed by atoms with Crippen LogP contribution in [0.1, 0.15) is 49.2 Å². The first-order chi connectivity index (χ1) is 16.2. The minimum atomic E-state index is -0.463. The Hall–Kier alpha value is -3.65. The zero-order valence-electron chi connectivity index (χ0n) is 19.9. The fourth-order valence-corrected chi connectivity index (χ4v) is 4.32. The van der Waals surface area contributed by atoms with Crippen LogP contribution in [-0.2, 0) is 9.53 Å². The zero-order valence-corrected chi connectivity index (χ0v) is 20.7. The Labute approximate surface area is 203 Å². The molecule has 3 aromatic rings. The van der Waals surface area contributed by atoms with Gasteiger partial charge < -0.3 is 20.1 Å². The molecule has 2 N–H and O–H groups in total. The lowest BCUT2D eigenvalue weighted by molar-refractivity contribution is -0.118. The highest BCUT2D eigenvalue weighted by Gasteiger charge is 2.22. The molecule has 0 saturated heterocycles. The minimum absolute atomic E-state index is 0.229. The largest absolute Gasteiger partial charge is 0.484 e. The Morgan fingerprint density at radius 2 is 1.62 bits per heavy atom. The Balaban J connectivity index is 1.59. The van der Waals surface area contributed by atoms with Crippen LogP contribution in [0.5, 0.6) is 5.75 Å². The lowest BCUT2D eigenvalue weighted by Crippen LogP contribution is -2.21. The first kappa shape index (κ1) is 25.0. The summed E-state index contributed by atoms with van der Waals surface area (Å²) in [7, 11) is 0. The number of hydrogen-bond donors (Lipinski definition) is 2. The highest BCUT2D eigenvalue weighted by atomic mass is 32.1. The number of hydrogen-bond acceptors (Lipinski definition) is 6. The molecule has 178 valence electrons. The second-order valence-electron chi connectivity index (χ2n) is 7.77. The van der Waals surface area contributed by atoms with Gasteiger partial charge in [-0.3, -0.25) is 9.59 Å². The average Bonchev–Trinajstić information content (AvgIpc) is 3.08. The van der Waals surface area contributed by atoms with Crippen molar-refractivity contribution in [2.45, 2.75) is 34.6 Å². The van der Waals surface area contributed by atoms with Gasteiger partial charge in [0.15, 0.2) is 6.61 Å². The summed E-state index contributed by atoms with van der Waals surface area (Å²) in [5, 5.41) is 6.10. The molecule has 0 atom stereocenters. The van der Waals surface area contributed by atoms with E-state index in [0.29, 0.717) is 21.9 Å². The smallest absolute Gasteiger partial charge is 0.341 e. The summed E-state index contributed by atoms with van der Waals surface area (Å²) in [6.45, 7) is 9.40. The number of thiophene rings is 1. The summed E-state index contributed by atoms with van der Waals surface area (Å²) >= 11 is 1.32. The second kappa shape index (κ2) is 11.0. The third-order valence-electron chi connectivity index (χ3n) is 5.46. The number of nitrogens with one attached hydrogen (secondary N) is 2. The molecule has 1 heterocycles. The third kappa shape index (κ3) is 5.82. The SMILES string of the molecule is CCOC(=O)c1c(NC(=O)COc2ccc(C(=O)Nc3cccc(C)c3C)cc2)sc(C)c1C. The number of benzene rings is 2. The number of esters is 1. The number of rotatable bonds is 8. The molecule has 0 fully saturated rings. The maximum absolute atomic E-state index is 12.6. The van der Waals surface area contributed by atoms with E-state index in [1.54, 1.807) is 31.2 Å². The lowest BCUT2D eigenvalue weighted by atomic mass is 10.1. The number of aryl methyl sites for hydroxylation is 2. The molecule has 8 heteroatoms. The maximum Gasteiger partial charge on any atom is 0.341 e. The second-order valence-corrected chi connectivity index (χ2v) is 9.00. The van der Waals surface area contributed by atoms with Gasteiger partial charge in [0.05, 0.1) is 12.2 Å². The van der Waals surface area contributed by atoms with Gasteiger partial charge in [0.25, 0.3) is 11.8 Å². The quantitative estimate of drug-likeness (QED) is 0.420. The van der Waals surface area contributed by atoms with Crippen molar-refractivity contribution in [1.82, 2.24) is 0 Å². The zero-order chi connectivity index (χ0) is 24.8. The van der Waals surface area contributed by atoms with Crippen LogP contribution in [-0.4, -0.2) is 31.0 Å². The standard InChI is InChI=1S/C26H28N2O5S/c1-6-32-26(31)23-17(4)18(5)34-25(23)28-22(29)14-33-20-12-10-19(11-13-20)24(30)27-21-9-7-8-15(2)16(21)3/h7-13H,6,14H2,1-5H3,(H,27,30)(H,28,29). The summed E-state index contributed by atoms with van der Waals surface area (Å²) in [5.74, 6) is -0.644. The fourth-order valence-electron chi connectivity index (χ4n) is 3.26. The van der Waals surface area contributed by atoms with Crippen molar-refractivity contribution >= 4 is 39.8 Å². The predicted molar refractivity (Wildman–Crippen MR) is 134 cm³/mol. The maximum atomic E-state index is 12.6. The summed E-state index contributed by atoms with van der Waals surface area (Å²) < 4.78 is 10.7. The normalized spacial score (nSPS) is 10.5. The molecule has 2 aromatic carbocycles. The first-order valence-electron chi connectivity index (χ1n) is 10.9. The van der Waals surface area contributed by atoms with E-state index in [9.17, 15) is 14.4 Å². The van der Waals surface area contributed by atoms with E-state index in [4.69, 9.17) is 9.47 Å². The van der Waals surface area contributed by atoms with Gasteiger partial charge in [-0.15, -0.1) is 11.3 Å². The Morgan fingerprint density at radius 1 is 0.912 bits per heavy atom. The molecule has 0 saturated carbocycles. The van der Waals surface area contributed by atoms with Crippen molar-refractivity contribution in [2.75, 3.05) is 23.8 Å². The summed E-state index contributed by atoms with van der Waals surface area (Å²) in [6, 6.07) is 12.3. The van der Waals surface area contributed by atoms with Gasteiger partial charge in [-0.05, 0) is 81.6 Å². The molecule has 0 spiro atoms. The molecule has 1 aromatic heterocycles. The van der Waals surface area contributed by atoms with Gasteiger partial charge in [0.2, 0.25) is 0 Å². The molecule has 0 aliphatic heterocycles. The summed E-state index contributed by atoms with van der Waals surface area (Å²) in [6.07, 6.45) is 0. The van der Waals surface area contributed by atoms with Crippen molar-refractivity contribution in [2.24, 2.45) is 0 Å². The van der Waals surface area contributed by atoms with Gasteiger partial charge in [-0.25, -0.2) is 4.79 Å². The van der Waals surface area contributed by atoms with E-state index in [1.807, 2.05) is 45.9 Å². The van der Waals surface area contributed by atoms with E-state index in [-0.39, 0.29) is 19.1 Å². The van der Waals surface area contributed by atoms with Crippen LogP contribution in [0.15, 0.2) is 42.5 Å². The van der Waals surface area contributed by atoms with Crippen LogP contribution in [0.25, 0.3) is 0 Å². The highest BCUT2D eigenvalue weighted by molar-refractivity contribution is 7.16.